The van der Waals surface area contributed by atoms with Crippen LogP contribution in [0.4, 0.5) is 0 Å². The number of benzene rings is 2. The average molecular weight is 612 g/mol. The molecule has 0 aliphatic heterocycles. The molecule has 222 valence electrons. The number of rotatable bonds is 14. The Morgan fingerprint density at radius 2 is 1.81 bits per heavy atom. The fourth-order valence-corrected chi connectivity index (χ4v) is 6.50. The van der Waals surface area contributed by atoms with E-state index in [0.29, 0.717) is 27.4 Å². The van der Waals surface area contributed by atoms with Gasteiger partial charge in [-0.05, 0) is 54.1 Å². The fourth-order valence-electron chi connectivity index (χ4n) is 4.58. The lowest BCUT2D eigenvalue weighted by atomic mass is 10.1. The van der Waals surface area contributed by atoms with Gasteiger partial charge in [0.1, 0.15) is 17.1 Å². The second-order valence-electron chi connectivity index (χ2n) is 9.51. The zero-order valence-corrected chi connectivity index (χ0v) is 25.3. The van der Waals surface area contributed by atoms with Gasteiger partial charge in [-0.3, -0.25) is 19.0 Å². The van der Waals surface area contributed by atoms with Gasteiger partial charge >= 0.3 is 11.7 Å². The van der Waals surface area contributed by atoms with E-state index in [4.69, 9.17) is 9.47 Å². The molecule has 0 saturated carbocycles. The first-order valence-corrected chi connectivity index (χ1v) is 15.4. The Kier molecular flexibility index (Phi) is 10.6. The zero-order valence-electron chi connectivity index (χ0n) is 23.7. The van der Waals surface area contributed by atoms with Gasteiger partial charge in [0.25, 0.3) is 5.56 Å². The number of carboxylic acid groups (broad SMARTS) is 1. The number of unbranched alkanes of at least 4 members (excludes halogenated alkanes) is 1. The maximum atomic E-state index is 13.8. The molecular formula is C30H33N3O7S2. The van der Waals surface area contributed by atoms with E-state index in [1.54, 1.807) is 12.1 Å². The van der Waals surface area contributed by atoms with Crippen LogP contribution in [0, 0.1) is 0 Å². The third-order valence-corrected chi connectivity index (χ3v) is 8.79. The van der Waals surface area contributed by atoms with Crippen molar-refractivity contribution in [1.82, 2.24) is 14.5 Å². The molecule has 0 spiro atoms. The van der Waals surface area contributed by atoms with E-state index in [-0.39, 0.29) is 31.2 Å². The Hall–Kier alpha value is -3.87. The summed E-state index contributed by atoms with van der Waals surface area (Å²) in [6.45, 7) is 1.48. The van der Waals surface area contributed by atoms with Gasteiger partial charge in [0.05, 0.1) is 11.9 Å². The normalized spacial score (nSPS) is 11.1. The molecule has 2 N–H and O–H groups in total. The highest BCUT2D eigenvalue weighted by atomic mass is 32.2. The number of carboxylic acids is 1. The van der Waals surface area contributed by atoms with Crippen LogP contribution in [0.15, 0.2) is 63.0 Å². The molecule has 1 amide bonds. The van der Waals surface area contributed by atoms with E-state index in [1.807, 2.05) is 49.6 Å². The summed E-state index contributed by atoms with van der Waals surface area (Å²) in [5.74, 6) is -0.870. The number of methoxy groups -OCH3 is 1. The average Bonchev–Trinajstić information content (AvgIpc) is 3.38. The van der Waals surface area contributed by atoms with E-state index in [9.17, 15) is 24.3 Å². The highest BCUT2D eigenvalue weighted by molar-refractivity contribution is 7.98. The van der Waals surface area contributed by atoms with E-state index in [0.717, 1.165) is 33.4 Å². The number of amides is 1. The van der Waals surface area contributed by atoms with Crippen LogP contribution in [0.1, 0.15) is 37.3 Å². The largest absolute Gasteiger partial charge is 0.480 e. The van der Waals surface area contributed by atoms with Crippen LogP contribution in [0.3, 0.4) is 0 Å². The first kappa shape index (κ1) is 31.1. The number of carbonyl (C=O) groups is 2. The third kappa shape index (κ3) is 6.94. The number of nitrogens with zero attached hydrogens (tertiary/aromatic N) is 2. The predicted octanol–water partition coefficient (Wildman–Crippen LogP) is 4.54. The van der Waals surface area contributed by atoms with E-state index >= 15 is 0 Å². The molecule has 2 heterocycles. The predicted molar refractivity (Wildman–Crippen MR) is 165 cm³/mol. The minimum Gasteiger partial charge on any atom is -0.480 e. The second kappa shape index (κ2) is 14.3. The SMILES string of the molecule is CCCCC(=O)NCc1c(-c2ccc(OCOC)cc2)sc2c1c(=O)n(CC(=O)O)c(=O)n2Cc1ccccc1SC. The van der Waals surface area contributed by atoms with Crippen molar-refractivity contribution in [3.63, 3.8) is 0 Å². The molecule has 0 bridgehead atoms. The van der Waals surface area contributed by atoms with Gasteiger partial charge in [0.15, 0.2) is 6.79 Å². The van der Waals surface area contributed by atoms with Gasteiger partial charge in [-0.15, -0.1) is 23.1 Å². The highest BCUT2D eigenvalue weighted by Crippen LogP contribution is 2.38. The highest BCUT2D eigenvalue weighted by Gasteiger charge is 2.24. The van der Waals surface area contributed by atoms with E-state index < -0.39 is 23.8 Å². The number of aromatic nitrogens is 2. The smallest absolute Gasteiger partial charge is 0.332 e. The van der Waals surface area contributed by atoms with Gasteiger partial charge in [-0.1, -0.05) is 31.5 Å². The molecule has 0 saturated heterocycles. The lowest BCUT2D eigenvalue weighted by Crippen LogP contribution is -2.41. The number of nitrogens with one attached hydrogen (secondary N) is 1. The minimum atomic E-state index is -1.30. The van der Waals surface area contributed by atoms with E-state index in [2.05, 4.69) is 5.32 Å². The molecule has 2 aromatic carbocycles. The summed E-state index contributed by atoms with van der Waals surface area (Å²) in [7, 11) is 1.53. The molecule has 12 heteroatoms. The number of thiophene rings is 1. The number of ether oxygens (including phenoxy) is 2. The Morgan fingerprint density at radius 3 is 2.48 bits per heavy atom. The summed E-state index contributed by atoms with van der Waals surface area (Å²) in [6.07, 6.45) is 3.87. The topological polar surface area (TPSA) is 129 Å². The van der Waals surface area contributed by atoms with Crippen LogP contribution in [-0.2, 0) is 34.0 Å². The van der Waals surface area contributed by atoms with Crippen molar-refractivity contribution in [3.05, 3.63) is 80.5 Å². The van der Waals surface area contributed by atoms with Crippen molar-refractivity contribution in [2.24, 2.45) is 0 Å². The van der Waals surface area contributed by atoms with Gasteiger partial charge in [-0.25, -0.2) is 9.36 Å². The lowest BCUT2D eigenvalue weighted by molar-refractivity contribution is -0.137. The van der Waals surface area contributed by atoms with Crippen LogP contribution in [-0.4, -0.2) is 46.3 Å². The Bertz CT molecular complexity index is 1690. The van der Waals surface area contributed by atoms with Crippen molar-refractivity contribution in [1.29, 1.82) is 0 Å². The molecule has 4 aromatic rings. The number of aliphatic carboxylic acids is 1. The lowest BCUT2D eigenvalue weighted by Gasteiger charge is -2.13. The molecule has 10 nitrogen and oxygen atoms in total. The van der Waals surface area contributed by atoms with Crippen molar-refractivity contribution >= 4 is 45.2 Å². The summed E-state index contributed by atoms with van der Waals surface area (Å²) in [5, 5.41) is 12.7. The van der Waals surface area contributed by atoms with Crippen molar-refractivity contribution in [3.8, 4) is 16.2 Å². The van der Waals surface area contributed by atoms with Crippen molar-refractivity contribution in [2.75, 3.05) is 20.2 Å². The second-order valence-corrected chi connectivity index (χ2v) is 11.4. The molecule has 0 atom stereocenters. The molecule has 0 aliphatic rings. The van der Waals surface area contributed by atoms with Crippen LogP contribution in [0.2, 0.25) is 0 Å². The van der Waals surface area contributed by atoms with Crippen molar-refractivity contribution in [2.45, 2.75) is 50.7 Å². The van der Waals surface area contributed by atoms with E-state index in [1.165, 1.54) is 34.8 Å². The molecule has 0 unspecified atom stereocenters. The van der Waals surface area contributed by atoms with Gasteiger partial charge in [-0.2, -0.15) is 0 Å². The van der Waals surface area contributed by atoms with Gasteiger partial charge in [0, 0.05) is 35.4 Å². The standard InChI is InChI=1S/C30H33N3O7S2/c1-4-5-10-24(34)31-15-22-26-28(37)32(17-25(35)36)30(38)33(16-20-8-6-7-9-23(20)41-3)29(26)42-27(22)19-11-13-21(14-12-19)40-18-39-2/h6-9,11-14H,4-5,10,15-18H2,1-3H3,(H,31,34)(H,35,36). The Balaban J connectivity index is 1.96. The Morgan fingerprint density at radius 1 is 1.07 bits per heavy atom. The summed E-state index contributed by atoms with van der Waals surface area (Å²) in [4.78, 5) is 53.9. The van der Waals surface area contributed by atoms with Gasteiger partial charge < -0.3 is 19.9 Å². The summed E-state index contributed by atoms with van der Waals surface area (Å²) in [5.41, 5.74) is 0.735. The zero-order chi connectivity index (χ0) is 30.2. The number of hydrogen-bond donors (Lipinski definition) is 2. The number of carbonyl (C=O) groups excluding carboxylic acids is 1. The molecule has 2 aromatic heterocycles. The van der Waals surface area contributed by atoms with Crippen LogP contribution in [0.5, 0.6) is 5.75 Å². The third-order valence-electron chi connectivity index (χ3n) is 6.65. The summed E-state index contributed by atoms with van der Waals surface area (Å²) in [6, 6.07) is 14.8. The van der Waals surface area contributed by atoms with Crippen LogP contribution < -0.4 is 21.3 Å². The van der Waals surface area contributed by atoms with Crippen LogP contribution >= 0.6 is 23.1 Å². The molecule has 4 rings (SSSR count). The monoisotopic (exact) mass is 611 g/mol. The minimum absolute atomic E-state index is 0.0434. The fraction of sp³-hybridized carbons (Fsp3) is 0.333. The number of thioether (sulfide) groups is 1. The first-order valence-electron chi connectivity index (χ1n) is 13.4. The molecule has 0 fully saturated rings. The molecule has 0 aliphatic carbocycles. The summed E-state index contributed by atoms with van der Waals surface area (Å²) < 4.78 is 12.7. The Labute approximate surface area is 250 Å². The van der Waals surface area contributed by atoms with Crippen LogP contribution in [0.25, 0.3) is 20.7 Å². The van der Waals surface area contributed by atoms with Gasteiger partial charge in [0.2, 0.25) is 5.91 Å². The van der Waals surface area contributed by atoms with Crippen molar-refractivity contribution < 1.29 is 24.2 Å². The quantitative estimate of drug-likeness (QED) is 0.157. The molecular weight excluding hydrogens is 578 g/mol. The number of hydrogen-bond acceptors (Lipinski definition) is 8. The maximum Gasteiger partial charge on any atom is 0.332 e. The summed E-state index contributed by atoms with van der Waals surface area (Å²) >= 11 is 2.79. The maximum absolute atomic E-state index is 13.8. The first-order chi connectivity index (χ1) is 20.3. The molecule has 0 radical (unpaired) electrons. The molecule has 42 heavy (non-hydrogen) atoms. The number of fused-ring (bicyclic) bond motifs is 1.